The normalized spacial score (nSPS) is 16.2. The van der Waals surface area contributed by atoms with Crippen molar-refractivity contribution in [1.82, 2.24) is 19.8 Å². The molecule has 0 aliphatic carbocycles. The molecule has 1 saturated heterocycles. The molecule has 3 heterocycles. The van der Waals surface area contributed by atoms with Crippen LogP contribution in [0.5, 0.6) is 5.75 Å². The Morgan fingerprint density at radius 2 is 1.69 bits per heavy atom. The van der Waals surface area contributed by atoms with Gasteiger partial charge in [0, 0.05) is 44.7 Å². The summed E-state index contributed by atoms with van der Waals surface area (Å²) >= 11 is 0. The van der Waals surface area contributed by atoms with E-state index in [1.807, 2.05) is 23.1 Å². The molecule has 32 heavy (non-hydrogen) atoms. The standard InChI is InChI=1S/C26H30N4O2/c1-3-21-22(4-2)28-24-16-20(6-7-23(24)27-21)26(31)30-12-10-29(11-13-30)17-18-5-8-25-19(15-18)9-14-32-25/h5-8,15-16H,3-4,9-14,17H2,1-2H3. The molecule has 0 spiro atoms. The number of aromatic nitrogens is 2. The Morgan fingerprint density at radius 1 is 0.938 bits per heavy atom. The summed E-state index contributed by atoms with van der Waals surface area (Å²) in [5.74, 6) is 1.11. The zero-order chi connectivity index (χ0) is 22.1. The van der Waals surface area contributed by atoms with E-state index in [1.165, 1.54) is 11.1 Å². The lowest BCUT2D eigenvalue weighted by molar-refractivity contribution is 0.0628. The maximum Gasteiger partial charge on any atom is 0.254 e. The van der Waals surface area contributed by atoms with Gasteiger partial charge in [-0.25, -0.2) is 9.97 Å². The molecule has 166 valence electrons. The Labute approximate surface area is 189 Å². The van der Waals surface area contributed by atoms with Crippen molar-refractivity contribution in [2.24, 2.45) is 0 Å². The van der Waals surface area contributed by atoms with Crippen LogP contribution in [0.2, 0.25) is 0 Å². The van der Waals surface area contributed by atoms with Gasteiger partial charge in [-0.2, -0.15) is 0 Å². The van der Waals surface area contributed by atoms with Gasteiger partial charge in [-0.1, -0.05) is 26.0 Å². The van der Waals surface area contributed by atoms with E-state index in [-0.39, 0.29) is 5.91 Å². The van der Waals surface area contributed by atoms with Gasteiger partial charge in [-0.3, -0.25) is 9.69 Å². The number of rotatable bonds is 5. The summed E-state index contributed by atoms with van der Waals surface area (Å²) in [5, 5.41) is 0. The number of fused-ring (bicyclic) bond motifs is 2. The summed E-state index contributed by atoms with van der Waals surface area (Å²) < 4.78 is 5.61. The van der Waals surface area contributed by atoms with Gasteiger partial charge in [-0.15, -0.1) is 0 Å². The number of amides is 1. The Kier molecular flexibility index (Phi) is 5.79. The average Bonchev–Trinajstić information content (AvgIpc) is 3.30. The van der Waals surface area contributed by atoms with Crippen molar-refractivity contribution in [2.45, 2.75) is 39.7 Å². The zero-order valence-electron chi connectivity index (χ0n) is 18.9. The van der Waals surface area contributed by atoms with E-state index < -0.39 is 0 Å². The molecule has 1 amide bonds. The van der Waals surface area contributed by atoms with Crippen molar-refractivity contribution in [3.8, 4) is 5.75 Å². The number of piperazine rings is 1. The van der Waals surface area contributed by atoms with Crippen LogP contribution < -0.4 is 4.74 Å². The molecule has 0 atom stereocenters. The molecule has 0 saturated carbocycles. The van der Waals surface area contributed by atoms with Crippen LogP contribution in [0.4, 0.5) is 0 Å². The molecule has 0 bridgehead atoms. The molecule has 2 aromatic carbocycles. The molecule has 1 aromatic heterocycles. The molecule has 0 radical (unpaired) electrons. The number of nitrogens with zero attached hydrogens (tertiary/aromatic N) is 4. The van der Waals surface area contributed by atoms with Crippen molar-refractivity contribution in [3.05, 3.63) is 64.5 Å². The van der Waals surface area contributed by atoms with Gasteiger partial charge in [0.05, 0.1) is 29.0 Å². The molecule has 0 N–H and O–H groups in total. The van der Waals surface area contributed by atoms with Crippen LogP contribution in [0.3, 0.4) is 0 Å². The number of benzene rings is 2. The van der Waals surface area contributed by atoms with Gasteiger partial charge in [0.25, 0.3) is 5.91 Å². The SMILES string of the molecule is CCc1nc2ccc(C(=O)N3CCN(Cc4ccc5c(c4)CCO5)CC3)cc2nc1CC. The monoisotopic (exact) mass is 430 g/mol. The van der Waals surface area contributed by atoms with Crippen LogP contribution in [0.15, 0.2) is 36.4 Å². The third kappa shape index (κ3) is 4.07. The first-order chi connectivity index (χ1) is 15.6. The Balaban J connectivity index is 1.24. The summed E-state index contributed by atoms with van der Waals surface area (Å²) in [6.07, 6.45) is 2.72. The fraction of sp³-hybridized carbons (Fsp3) is 0.423. The Bertz CT molecular complexity index is 1150. The third-order valence-corrected chi connectivity index (χ3v) is 6.56. The van der Waals surface area contributed by atoms with Crippen LogP contribution in [0, 0.1) is 0 Å². The predicted octanol–water partition coefficient (Wildman–Crippen LogP) is 3.65. The molecule has 0 unspecified atom stereocenters. The van der Waals surface area contributed by atoms with Crippen molar-refractivity contribution in [1.29, 1.82) is 0 Å². The lowest BCUT2D eigenvalue weighted by Gasteiger charge is -2.35. The van der Waals surface area contributed by atoms with Crippen molar-refractivity contribution in [2.75, 3.05) is 32.8 Å². The first-order valence-electron chi connectivity index (χ1n) is 11.7. The van der Waals surface area contributed by atoms with Gasteiger partial charge in [0.15, 0.2) is 0 Å². The maximum absolute atomic E-state index is 13.2. The van der Waals surface area contributed by atoms with Crippen molar-refractivity contribution >= 4 is 16.9 Å². The number of ether oxygens (including phenoxy) is 1. The van der Waals surface area contributed by atoms with E-state index in [4.69, 9.17) is 14.7 Å². The van der Waals surface area contributed by atoms with E-state index in [9.17, 15) is 4.79 Å². The van der Waals surface area contributed by atoms with Crippen LogP contribution in [0.25, 0.3) is 11.0 Å². The van der Waals surface area contributed by atoms with Gasteiger partial charge in [0.2, 0.25) is 0 Å². The molecule has 5 rings (SSSR count). The molecular formula is C26H30N4O2. The minimum Gasteiger partial charge on any atom is -0.493 e. The van der Waals surface area contributed by atoms with Crippen LogP contribution in [-0.2, 0) is 25.8 Å². The minimum absolute atomic E-state index is 0.0839. The van der Waals surface area contributed by atoms with Crippen molar-refractivity contribution in [3.63, 3.8) is 0 Å². The van der Waals surface area contributed by atoms with Crippen LogP contribution in [-0.4, -0.2) is 58.5 Å². The fourth-order valence-corrected chi connectivity index (χ4v) is 4.71. The molecule has 6 heteroatoms. The van der Waals surface area contributed by atoms with Crippen LogP contribution in [0.1, 0.15) is 46.7 Å². The summed E-state index contributed by atoms with van der Waals surface area (Å²) in [5.41, 5.74) is 7.07. The fourth-order valence-electron chi connectivity index (χ4n) is 4.71. The summed E-state index contributed by atoms with van der Waals surface area (Å²) in [4.78, 5) is 27.1. The second-order valence-electron chi connectivity index (χ2n) is 8.64. The number of carbonyl (C=O) groups excluding carboxylic acids is 1. The highest BCUT2D eigenvalue weighted by Crippen LogP contribution is 2.26. The van der Waals surface area contributed by atoms with E-state index >= 15 is 0 Å². The zero-order valence-corrected chi connectivity index (χ0v) is 18.9. The van der Waals surface area contributed by atoms with Crippen molar-refractivity contribution < 1.29 is 9.53 Å². The second kappa shape index (κ2) is 8.87. The smallest absolute Gasteiger partial charge is 0.254 e. The summed E-state index contributed by atoms with van der Waals surface area (Å²) in [7, 11) is 0. The highest BCUT2D eigenvalue weighted by Gasteiger charge is 2.23. The van der Waals surface area contributed by atoms with E-state index in [2.05, 4.69) is 36.9 Å². The maximum atomic E-state index is 13.2. The largest absolute Gasteiger partial charge is 0.493 e. The quantitative estimate of drug-likeness (QED) is 0.618. The Morgan fingerprint density at radius 3 is 2.44 bits per heavy atom. The molecule has 1 fully saturated rings. The van der Waals surface area contributed by atoms with E-state index in [0.717, 1.165) is 86.8 Å². The van der Waals surface area contributed by atoms with Gasteiger partial charge in [-0.05, 0) is 48.2 Å². The summed E-state index contributed by atoms with van der Waals surface area (Å²) in [6, 6.07) is 12.2. The van der Waals surface area contributed by atoms with Gasteiger partial charge < -0.3 is 9.64 Å². The predicted molar refractivity (Wildman–Crippen MR) is 125 cm³/mol. The summed E-state index contributed by atoms with van der Waals surface area (Å²) in [6.45, 7) is 9.15. The van der Waals surface area contributed by atoms with Crippen LogP contribution >= 0.6 is 0 Å². The number of carbonyl (C=O) groups is 1. The lowest BCUT2D eigenvalue weighted by atomic mass is 10.1. The second-order valence-corrected chi connectivity index (χ2v) is 8.64. The molecular weight excluding hydrogens is 400 g/mol. The molecule has 3 aromatic rings. The third-order valence-electron chi connectivity index (χ3n) is 6.56. The van der Waals surface area contributed by atoms with E-state index in [0.29, 0.717) is 5.56 Å². The van der Waals surface area contributed by atoms with Gasteiger partial charge >= 0.3 is 0 Å². The highest BCUT2D eigenvalue weighted by molar-refractivity contribution is 5.97. The number of hydrogen-bond acceptors (Lipinski definition) is 5. The Hall–Kier alpha value is -2.99. The average molecular weight is 431 g/mol. The topological polar surface area (TPSA) is 58.6 Å². The van der Waals surface area contributed by atoms with E-state index in [1.54, 1.807) is 0 Å². The molecule has 2 aliphatic rings. The first kappa shape index (κ1) is 20.9. The van der Waals surface area contributed by atoms with Gasteiger partial charge in [0.1, 0.15) is 5.75 Å². The number of aryl methyl sites for hydroxylation is 2. The first-order valence-corrected chi connectivity index (χ1v) is 11.7. The minimum atomic E-state index is 0.0839. The molecule has 2 aliphatic heterocycles. The molecule has 6 nitrogen and oxygen atoms in total. The highest BCUT2D eigenvalue weighted by atomic mass is 16.5. The lowest BCUT2D eigenvalue weighted by Crippen LogP contribution is -2.48. The number of hydrogen-bond donors (Lipinski definition) is 0.